The molecule has 0 amide bonds. The van der Waals surface area contributed by atoms with Gasteiger partial charge < -0.3 is 43.6 Å². The Labute approximate surface area is 115 Å². The average Bonchev–Trinajstić information content (AvgIpc) is 2.48. The Morgan fingerprint density at radius 1 is 0.842 bits per heavy atom. The summed E-state index contributed by atoms with van der Waals surface area (Å²) < 4.78 is 4.98. The van der Waals surface area contributed by atoms with E-state index in [0.717, 1.165) is 0 Å². The maximum absolute atomic E-state index is 8.67. The Morgan fingerprint density at radius 3 is 1.58 bits per heavy atom. The molecule has 120 valence electrons. The average molecular weight is 284 g/mol. The van der Waals surface area contributed by atoms with Gasteiger partial charge in [-0.1, -0.05) is 0 Å². The second-order valence-corrected chi connectivity index (χ2v) is 3.16. The van der Waals surface area contributed by atoms with E-state index in [4.69, 9.17) is 43.6 Å². The van der Waals surface area contributed by atoms with E-state index in [1.807, 2.05) is 0 Å². The van der Waals surface area contributed by atoms with Crippen molar-refractivity contribution in [1.82, 2.24) is 5.32 Å². The van der Waals surface area contributed by atoms with Gasteiger partial charge in [-0.05, 0) is 0 Å². The number of nitrogens with two attached hydrogens (primary N) is 5. The van der Waals surface area contributed by atoms with Crippen molar-refractivity contribution in [2.75, 3.05) is 59.1 Å². The molecule has 1 atom stereocenters. The molecule has 0 aromatic rings. The van der Waals surface area contributed by atoms with Crippen molar-refractivity contribution < 1.29 is 14.9 Å². The van der Waals surface area contributed by atoms with E-state index in [0.29, 0.717) is 39.3 Å². The van der Waals surface area contributed by atoms with Gasteiger partial charge in [-0.3, -0.25) is 5.32 Å². The van der Waals surface area contributed by atoms with E-state index in [-0.39, 0.29) is 19.8 Å². The van der Waals surface area contributed by atoms with E-state index in [9.17, 15) is 0 Å². The topological polar surface area (TPSA) is 192 Å². The van der Waals surface area contributed by atoms with Gasteiger partial charge in [-0.2, -0.15) is 0 Å². The van der Waals surface area contributed by atoms with Crippen molar-refractivity contribution in [3.63, 3.8) is 0 Å². The van der Waals surface area contributed by atoms with E-state index in [2.05, 4.69) is 5.32 Å². The number of hydrogen-bond donors (Lipinski definition) is 8. The first-order valence-electron chi connectivity index (χ1n) is 6.25. The lowest BCUT2D eigenvalue weighted by Crippen LogP contribution is -2.38. The molecule has 0 radical (unpaired) electrons. The van der Waals surface area contributed by atoms with Crippen molar-refractivity contribution in [3.05, 3.63) is 0 Å². The molecule has 0 spiro atoms. The first kappa shape index (κ1) is 23.7. The van der Waals surface area contributed by atoms with Gasteiger partial charge in [-0.25, -0.2) is 0 Å². The number of aliphatic hydroxyl groups excluding tert-OH is 2. The van der Waals surface area contributed by atoms with Crippen LogP contribution >= 0.6 is 0 Å². The van der Waals surface area contributed by atoms with Crippen LogP contribution in [0.1, 0.15) is 0 Å². The predicted molar refractivity (Wildman–Crippen MR) is 77.2 cm³/mol. The Balaban J connectivity index is -0.000000264. The number of nitrogens with one attached hydrogen (secondary N) is 1. The first-order chi connectivity index (χ1) is 9.17. The van der Waals surface area contributed by atoms with E-state index in [1.165, 1.54) is 0 Å². The fourth-order valence-corrected chi connectivity index (χ4v) is 0.615. The van der Waals surface area contributed by atoms with Crippen LogP contribution in [0.3, 0.4) is 0 Å². The van der Waals surface area contributed by atoms with Crippen molar-refractivity contribution in [2.45, 2.75) is 6.23 Å². The summed E-state index contributed by atoms with van der Waals surface area (Å²) in [6.45, 7) is 3.55. The molecule has 0 rings (SSSR count). The Morgan fingerprint density at radius 2 is 1.32 bits per heavy atom. The monoisotopic (exact) mass is 284 g/mol. The highest BCUT2D eigenvalue weighted by molar-refractivity contribution is 4.53. The van der Waals surface area contributed by atoms with Crippen LogP contribution in [-0.4, -0.2) is 75.5 Å². The normalized spacial score (nSPS) is 10.9. The van der Waals surface area contributed by atoms with Crippen molar-refractivity contribution in [2.24, 2.45) is 28.7 Å². The van der Waals surface area contributed by atoms with Crippen LogP contribution in [0.5, 0.6) is 0 Å². The second kappa shape index (κ2) is 26.3. The lowest BCUT2D eigenvalue weighted by atomic mass is 10.5. The third-order valence-electron chi connectivity index (χ3n) is 1.43. The van der Waals surface area contributed by atoms with Crippen LogP contribution in [0.25, 0.3) is 0 Å². The third kappa shape index (κ3) is 31.8. The Bertz CT molecular complexity index is 118. The molecule has 0 aliphatic carbocycles. The smallest absolute Gasteiger partial charge is 0.131 e. The van der Waals surface area contributed by atoms with Crippen LogP contribution in [-0.2, 0) is 4.74 Å². The summed E-state index contributed by atoms with van der Waals surface area (Å²) in [6, 6.07) is 0. The lowest BCUT2D eigenvalue weighted by molar-refractivity contribution is -0.0212. The van der Waals surface area contributed by atoms with Gasteiger partial charge in [0.25, 0.3) is 0 Å². The van der Waals surface area contributed by atoms with Crippen molar-refractivity contribution >= 4 is 0 Å². The maximum Gasteiger partial charge on any atom is 0.131 e. The molecular formula is C10H32N6O3. The molecule has 0 aromatic heterocycles. The number of rotatable bonds is 9. The van der Waals surface area contributed by atoms with Crippen molar-refractivity contribution in [3.8, 4) is 0 Å². The van der Waals surface area contributed by atoms with E-state index < -0.39 is 6.23 Å². The summed E-state index contributed by atoms with van der Waals surface area (Å²) in [7, 11) is 0. The van der Waals surface area contributed by atoms with Crippen LogP contribution in [0.4, 0.5) is 0 Å². The highest BCUT2D eigenvalue weighted by Gasteiger charge is 2.03. The van der Waals surface area contributed by atoms with Gasteiger partial charge in [0.2, 0.25) is 0 Å². The Kier molecular flexibility index (Phi) is 32.8. The standard InChI is InChI=1S/C6H16N2O3.2C2H8N2/c7-1-2-8-6(5-10)11-4-3-9;2*3-1-2-4/h6,8-10H,1-5,7H2;2*1-4H2. The zero-order chi connectivity index (χ0) is 15.4. The lowest BCUT2D eigenvalue weighted by Gasteiger charge is -2.15. The molecule has 0 saturated heterocycles. The van der Waals surface area contributed by atoms with Crippen LogP contribution < -0.4 is 34.0 Å². The second-order valence-electron chi connectivity index (χ2n) is 3.16. The zero-order valence-corrected chi connectivity index (χ0v) is 11.6. The molecule has 0 heterocycles. The van der Waals surface area contributed by atoms with E-state index in [1.54, 1.807) is 0 Å². The molecule has 9 heteroatoms. The van der Waals surface area contributed by atoms with Crippen molar-refractivity contribution in [1.29, 1.82) is 0 Å². The van der Waals surface area contributed by atoms with Gasteiger partial charge in [0.15, 0.2) is 0 Å². The summed E-state index contributed by atoms with van der Waals surface area (Å²) in [4.78, 5) is 0. The molecule has 0 saturated carbocycles. The summed E-state index contributed by atoms with van der Waals surface area (Å²) in [6.07, 6.45) is -0.411. The molecule has 0 bridgehead atoms. The molecule has 0 aliphatic rings. The molecule has 0 fully saturated rings. The number of hydrogen-bond acceptors (Lipinski definition) is 9. The largest absolute Gasteiger partial charge is 0.394 e. The molecule has 0 aromatic carbocycles. The Hall–Kier alpha value is -0.360. The summed E-state index contributed by atoms with van der Waals surface area (Å²) in [5.41, 5.74) is 24.8. The highest BCUT2D eigenvalue weighted by atomic mass is 16.5. The maximum atomic E-state index is 8.67. The van der Waals surface area contributed by atoms with E-state index >= 15 is 0 Å². The minimum atomic E-state index is -0.411. The highest BCUT2D eigenvalue weighted by Crippen LogP contribution is 1.83. The van der Waals surface area contributed by atoms with Crippen LogP contribution in [0.15, 0.2) is 0 Å². The van der Waals surface area contributed by atoms with Gasteiger partial charge >= 0.3 is 0 Å². The zero-order valence-electron chi connectivity index (χ0n) is 11.6. The fourth-order valence-electron chi connectivity index (χ4n) is 0.615. The molecule has 1 unspecified atom stereocenters. The molecule has 19 heavy (non-hydrogen) atoms. The SMILES string of the molecule is NCCN.NCCN.NCCNC(CO)OCCO. The molecule has 9 nitrogen and oxygen atoms in total. The van der Waals surface area contributed by atoms with Crippen LogP contribution in [0, 0.1) is 0 Å². The number of ether oxygens (including phenoxy) is 1. The molecule has 13 N–H and O–H groups in total. The third-order valence-corrected chi connectivity index (χ3v) is 1.43. The fraction of sp³-hybridized carbons (Fsp3) is 1.00. The molecule has 0 aliphatic heterocycles. The van der Waals surface area contributed by atoms with Gasteiger partial charge in [0.05, 0.1) is 19.8 Å². The predicted octanol–water partition coefficient (Wildman–Crippen LogP) is -4.33. The number of aliphatic hydroxyl groups is 2. The van der Waals surface area contributed by atoms with Gasteiger partial charge in [0, 0.05) is 39.3 Å². The summed E-state index contributed by atoms with van der Waals surface area (Å²) in [5, 5.41) is 19.9. The first-order valence-corrected chi connectivity index (χ1v) is 6.25. The minimum absolute atomic E-state index is 0.0409. The summed E-state index contributed by atoms with van der Waals surface area (Å²) >= 11 is 0. The minimum Gasteiger partial charge on any atom is -0.394 e. The van der Waals surface area contributed by atoms with Gasteiger partial charge in [0.1, 0.15) is 6.23 Å². The quantitative estimate of drug-likeness (QED) is 0.193. The van der Waals surface area contributed by atoms with Gasteiger partial charge in [-0.15, -0.1) is 0 Å². The summed E-state index contributed by atoms with van der Waals surface area (Å²) in [5.74, 6) is 0. The van der Waals surface area contributed by atoms with Crippen LogP contribution in [0.2, 0.25) is 0 Å². The molecular weight excluding hydrogens is 252 g/mol.